The Kier molecular flexibility index (Phi) is 6.70. The second kappa shape index (κ2) is 9.20. The zero-order valence-corrected chi connectivity index (χ0v) is 16.8. The van der Waals surface area contributed by atoms with E-state index in [1.807, 2.05) is 54.6 Å². The molecular weight excluding hydrogens is 401 g/mol. The van der Waals surface area contributed by atoms with Gasteiger partial charge in [-0.25, -0.2) is 0 Å². The Morgan fingerprint density at radius 2 is 1.31 bits per heavy atom. The van der Waals surface area contributed by atoms with Crippen LogP contribution in [0.1, 0.15) is 5.56 Å². The monoisotopic (exact) mass is 415 g/mol. The SMILES string of the molecule is Oc1ccc2ccccc2c1C=Nc1cccc2ccccc12.[Cl][Ti][Cl]. The van der Waals surface area contributed by atoms with Gasteiger partial charge in [0.2, 0.25) is 0 Å². The van der Waals surface area contributed by atoms with E-state index in [0.29, 0.717) is 0 Å². The van der Waals surface area contributed by atoms with Gasteiger partial charge in [-0.1, -0.05) is 66.7 Å². The van der Waals surface area contributed by atoms with Crippen molar-refractivity contribution in [3.8, 4) is 5.75 Å². The molecule has 0 aliphatic rings. The summed E-state index contributed by atoms with van der Waals surface area (Å²) in [4.78, 5) is 4.63. The topological polar surface area (TPSA) is 32.6 Å². The van der Waals surface area contributed by atoms with Crippen LogP contribution in [-0.4, -0.2) is 11.3 Å². The van der Waals surface area contributed by atoms with E-state index in [-0.39, 0.29) is 5.75 Å². The number of aromatic hydroxyl groups is 1. The van der Waals surface area contributed by atoms with E-state index in [4.69, 9.17) is 18.6 Å². The summed E-state index contributed by atoms with van der Waals surface area (Å²) in [6.07, 6.45) is 1.75. The number of phenols is 1. The molecule has 0 heterocycles. The molecule has 0 aliphatic heterocycles. The fraction of sp³-hybridized carbons (Fsp3) is 0. The number of nitrogens with zero attached hydrogens (tertiary/aromatic N) is 1. The van der Waals surface area contributed by atoms with E-state index in [2.05, 4.69) is 23.2 Å². The van der Waals surface area contributed by atoms with Gasteiger partial charge >= 0.3 is 35.6 Å². The van der Waals surface area contributed by atoms with Crippen LogP contribution in [0.2, 0.25) is 0 Å². The molecule has 0 fully saturated rings. The third-order valence-corrected chi connectivity index (χ3v) is 4.05. The van der Waals surface area contributed by atoms with Crippen molar-refractivity contribution in [2.75, 3.05) is 0 Å². The Balaban J connectivity index is 0.000000613. The molecule has 4 rings (SSSR count). The second-order valence-corrected chi connectivity index (χ2v) is 8.13. The molecule has 0 saturated carbocycles. The van der Waals surface area contributed by atoms with Gasteiger partial charge in [-0.15, -0.1) is 0 Å². The molecular formula is C21H15Cl2NOTi. The van der Waals surface area contributed by atoms with Crippen molar-refractivity contribution in [3.05, 3.63) is 84.4 Å². The van der Waals surface area contributed by atoms with Crippen LogP contribution in [0.15, 0.2) is 83.9 Å². The van der Waals surface area contributed by atoms with Crippen LogP contribution in [0, 0.1) is 0 Å². The predicted molar refractivity (Wildman–Crippen MR) is 109 cm³/mol. The number of phenolic OH excluding ortho intramolecular Hbond substituents is 1. The second-order valence-electron chi connectivity index (χ2n) is 5.55. The zero-order valence-electron chi connectivity index (χ0n) is 13.7. The molecule has 0 saturated heterocycles. The Labute approximate surface area is 168 Å². The average Bonchev–Trinajstić information content (AvgIpc) is 2.68. The summed E-state index contributed by atoms with van der Waals surface area (Å²) in [6, 6.07) is 25.8. The third kappa shape index (κ3) is 4.28. The normalized spacial score (nSPS) is 10.7. The summed E-state index contributed by atoms with van der Waals surface area (Å²) in [5, 5.41) is 14.6. The number of aliphatic imine (C=N–C) groups is 1. The van der Waals surface area contributed by atoms with E-state index in [9.17, 15) is 5.11 Å². The van der Waals surface area contributed by atoms with Gasteiger partial charge in [-0.3, -0.25) is 4.99 Å². The third-order valence-electron chi connectivity index (χ3n) is 4.05. The summed E-state index contributed by atoms with van der Waals surface area (Å²) in [7, 11) is 9.78. The Bertz CT molecular complexity index is 1060. The van der Waals surface area contributed by atoms with E-state index < -0.39 is 17.0 Å². The first-order chi connectivity index (χ1) is 12.7. The first-order valence-electron chi connectivity index (χ1n) is 7.93. The Hall–Kier alpha value is -1.84. The van der Waals surface area contributed by atoms with Crippen molar-refractivity contribution in [3.63, 3.8) is 0 Å². The molecule has 128 valence electrons. The molecule has 0 radical (unpaired) electrons. The molecule has 4 aromatic carbocycles. The molecule has 0 amide bonds. The van der Waals surface area contributed by atoms with Crippen molar-refractivity contribution in [2.45, 2.75) is 0 Å². The Morgan fingerprint density at radius 3 is 2.04 bits per heavy atom. The summed E-state index contributed by atoms with van der Waals surface area (Å²) in [5.74, 6) is 0.243. The first kappa shape index (κ1) is 18.9. The number of benzene rings is 4. The van der Waals surface area contributed by atoms with Crippen molar-refractivity contribution in [2.24, 2.45) is 4.99 Å². The van der Waals surface area contributed by atoms with Crippen LogP contribution in [-0.2, 0) is 17.0 Å². The molecule has 1 N–H and O–H groups in total. The number of hydrogen-bond donors (Lipinski definition) is 1. The first-order valence-corrected chi connectivity index (χ1v) is 12.2. The molecule has 0 unspecified atom stereocenters. The molecule has 0 atom stereocenters. The molecule has 0 aromatic heterocycles. The Morgan fingerprint density at radius 1 is 0.731 bits per heavy atom. The van der Waals surface area contributed by atoms with Crippen LogP contribution >= 0.6 is 18.6 Å². The fourth-order valence-electron chi connectivity index (χ4n) is 2.87. The molecule has 26 heavy (non-hydrogen) atoms. The summed E-state index contributed by atoms with van der Waals surface area (Å²) in [6.45, 7) is 0. The maximum atomic E-state index is 10.2. The van der Waals surface area contributed by atoms with Crippen LogP contribution in [0.3, 0.4) is 0 Å². The minimum absolute atomic E-state index is 0.243. The van der Waals surface area contributed by atoms with Crippen molar-refractivity contribution in [1.82, 2.24) is 0 Å². The van der Waals surface area contributed by atoms with Gasteiger partial charge in [0, 0.05) is 17.2 Å². The number of fused-ring (bicyclic) bond motifs is 2. The van der Waals surface area contributed by atoms with Gasteiger partial charge in [-0.05, 0) is 28.3 Å². The van der Waals surface area contributed by atoms with Gasteiger partial charge in [0.1, 0.15) is 5.75 Å². The zero-order chi connectivity index (χ0) is 18.4. The van der Waals surface area contributed by atoms with Gasteiger partial charge in [0.05, 0.1) is 5.69 Å². The van der Waals surface area contributed by atoms with Crippen molar-refractivity contribution in [1.29, 1.82) is 0 Å². The maximum absolute atomic E-state index is 10.2. The minimum atomic E-state index is -0.556. The number of rotatable bonds is 2. The van der Waals surface area contributed by atoms with Crippen molar-refractivity contribution < 1.29 is 22.1 Å². The number of halogens is 2. The van der Waals surface area contributed by atoms with E-state index in [0.717, 1.165) is 32.8 Å². The standard InChI is InChI=1S/C21H15NO.2ClH.Ti/c23-21-13-12-16-7-1-3-9-17(16)19(21)14-22-20-11-5-8-15-6-2-4-10-18(15)20;;;/h1-14,23H;2*1H;/q;;;+2/p-2. The van der Waals surface area contributed by atoms with E-state index in [1.165, 1.54) is 0 Å². The van der Waals surface area contributed by atoms with Gasteiger partial charge in [-0.2, -0.15) is 0 Å². The van der Waals surface area contributed by atoms with Crippen LogP contribution in [0.25, 0.3) is 21.5 Å². The molecule has 0 aliphatic carbocycles. The molecule has 4 aromatic rings. The number of hydrogen-bond acceptors (Lipinski definition) is 2. The summed E-state index contributed by atoms with van der Waals surface area (Å²) in [5.41, 5.74) is 1.64. The summed E-state index contributed by atoms with van der Waals surface area (Å²) >= 11 is -0.556. The van der Waals surface area contributed by atoms with Crippen LogP contribution < -0.4 is 0 Å². The van der Waals surface area contributed by atoms with E-state index in [1.54, 1.807) is 12.3 Å². The van der Waals surface area contributed by atoms with E-state index >= 15 is 0 Å². The molecule has 2 nitrogen and oxygen atoms in total. The molecule has 0 bridgehead atoms. The van der Waals surface area contributed by atoms with Gasteiger partial charge in [0.25, 0.3) is 0 Å². The van der Waals surface area contributed by atoms with Crippen LogP contribution in [0.4, 0.5) is 5.69 Å². The fourth-order valence-corrected chi connectivity index (χ4v) is 2.87. The van der Waals surface area contributed by atoms with Crippen LogP contribution in [0.5, 0.6) is 5.75 Å². The van der Waals surface area contributed by atoms with Crippen molar-refractivity contribution >= 4 is 52.1 Å². The average molecular weight is 416 g/mol. The molecule has 5 heteroatoms. The summed E-state index contributed by atoms with van der Waals surface area (Å²) < 4.78 is 0. The molecule has 0 spiro atoms. The van der Waals surface area contributed by atoms with Gasteiger partial charge in [0.15, 0.2) is 0 Å². The predicted octanol–water partition coefficient (Wildman–Crippen LogP) is 6.83. The van der Waals surface area contributed by atoms with Gasteiger partial charge < -0.3 is 5.11 Å². The quantitative estimate of drug-likeness (QED) is 0.282.